The van der Waals surface area contributed by atoms with Gasteiger partial charge in [-0.1, -0.05) is 23.4 Å². The van der Waals surface area contributed by atoms with E-state index in [1.54, 1.807) is 6.92 Å². The van der Waals surface area contributed by atoms with Gasteiger partial charge >= 0.3 is 0 Å². The minimum absolute atomic E-state index is 0.182. The van der Waals surface area contributed by atoms with Crippen molar-refractivity contribution in [1.29, 1.82) is 0 Å². The molecule has 0 radical (unpaired) electrons. The molecule has 1 unspecified atom stereocenters. The standard InChI is InChI=1S/C29H30ClFN6O3S3/c1-28(38)13-36(8-10-39-14-28)25-20-23-24(42-26(20)34-27(33-25)41-2)22(35-43-23)19-15-12-32-37(18-5-3-4-9-40-18)17(15)11-16(30)21(19)29(31)6-7-29/h11-12,18,38H,3-10,13-14H2,1-2H3/t18?,28-/m0/s1. The fourth-order valence-corrected chi connectivity index (χ4v) is 9.35. The van der Waals surface area contributed by atoms with Gasteiger partial charge in [0.15, 0.2) is 11.4 Å². The van der Waals surface area contributed by atoms with Crippen molar-refractivity contribution in [3.05, 3.63) is 22.8 Å². The Morgan fingerprint density at radius 1 is 1.21 bits per heavy atom. The first-order chi connectivity index (χ1) is 20.8. The van der Waals surface area contributed by atoms with Crippen LogP contribution in [0.3, 0.4) is 0 Å². The summed E-state index contributed by atoms with van der Waals surface area (Å²) in [4.78, 5) is 12.7. The molecule has 2 aliphatic heterocycles. The molecular weight excluding hydrogens is 631 g/mol. The van der Waals surface area contributed by atoms with Crippen LogP contribution in [0.1, 0.15) is 50.8 Å². The highest BCUT2D eigenvalue weighted by molar-refractivity contribution is 7.98. The summed E-state index contributed by atoms with van der Waals surface area (Å²) in [6.07, 6.45) is 7.39. The Labute approximate surface area is 264 Å². The third-order valence-electron chi connectivity index (χ3n) is 8.50. The molecule has 4 aromatic heterocycles. The molecule has 0 spiro atoms. The van der Waals surface area contributed by atoms with E-state index in [1.165, 1.54) is 34.6 Å². The topological polar surface area (TPSA) is 98.4 Å². The zero-order valence-electron chi connectivity index (χ0n) is 23.7. The molecule has 0 amide bonds. The number of hydrogen-bond donors (Lipinski definition) is 1. The Balaban J connectivity index is 1.36. The van der Waals surface area contributed by atoms with E-state index in [-0.39, 0.29) is 12.8 Å². The van der Waals surface area contributed by atoms with E-state index in [0.29, 0.717) is 66.1 Å². The second-order valence-corrected chi connectivity index (χ2v) is 14.8. The summed E-state index contributed by atoms with van der Waals surface area (Å²) < 4.78 is 36.6. The predicted octanol–water partition coefficient (Wildman–Crippen LogP) is 6.94. The van der Waals surface area contributed by atoms with Gasteiger partial charge in [0.1, 0.15) is 27.6 Å². The first-order valence-corrected chi connectivity index (χ1v) is 17.7. The van der Waals surface area contributed by atoms with Crippen molar-refractivity contribution in [2.24, 2.45) is 0 Å². The average molecular weight is 661 g/mol. The Morgan fingerprint density at radius 3 is 2.84 bits per heavy atom. The maximum Gasteiger partial charge on any atom is 0.190 e. The number of aromatic nitrogens is 5. The second kappa shape index (κ2) is 10.5. The van der Waals surface area contributed by atoms with Crippen molar-refractivity contribution in [3.8, 4) is 11.3 Å². The van der Waals surface area contributed by atoms with Gasteiger partial charge in [0.2, 0.25) is 0 Å². The molecule has 8 rings (SSSR count). The fourth-order valence-electron chi connectivity index (χ4n) is 6.32. The van der Waals surface area contributed by atoms with Crippen LogP contribution in [0.15, 0.2) is 17.4 Å². The van der Waals surface area contributed by atoms with Gasteiger partial charge < -0.3 is 19.5 Å². The molecule has 1 aromatic carbocycles. The molecule has 6 heterocycles. The van der Waals surface area contributed by atoms with Gasteiger partial charge in [-0.15, -0.1) is 11.3 Å². The highest BCUT2D eigenvalue weighted by atomic mass is 35.5. The second-order valence-electron chi connectivity index (χ2n) is 11.9. The number of ether oxygens (including phenoxy) is 2. The lowest BCUT2D eigenvalue weighted by molar-refractivity contribution is -0.0366. The third kappa shape index (κ3) is 4.74. The minimum atomic E-state index is -1.49. The smallest absolute Gasteiger partial charge is 0.190 e. The number of anilines is 1. The average Bonchev–Trinajstić information content (AvgIpc) is 3.30. The summed E-state index contributed by atoms with van der Waals surface area (Å²) in [5.74, 6) is 0.754. The summed E-state index contributed by atoms with van der Waals surface area (Å²) >= 11 is 11.3. The summed E-state index contributed by atoms with van der Waals surface area (Å²) in [5.41, 5.74) is 0.191. The Hall–Kier alpha value is -2.13. The fraction of sp³-hybridized carbons (Fsp3) is 0.517. The quantitative estimate of drug-likeness (QED) is 0.159. The van der Waals surface area contributed by atoms with E-state index in [9.17, 15) is 5.11 Å². The summed E-state index contributed by atoms with van der Waals surface area (Å²) in [5, 5.41) is 18.4. The molecule has 2 saturated heterocycles. The molecule has 2 atom stereocenters. The lowest BCUT2D eigenvalue weighted by Gasteiger charge is -2.28. The first-order valence-electron chi connectivity index (χ1n) is 14.5. The molecule has 14 heteroatoms. The van der Waals surface area contributed by atoms with Crippen LogP contribution in [0.4, 0.5) is 10.2 Å². The van der Waals surface area contributed by atoms with Crippen molar-refractivity contribution in [2.45, 2.75) is 61.7 Å². The van der Waals surface area contributed by atoms with Crippen LogP contribution in [0, 0.1) is 0 Å². The number of nitrogens with zero attached hydrogens (tertiary/aromatic N) is 6. The van der Waals surface area contributed by atoms with Gasteiger partial charge in [0.05, 0.1) is 46.3 Å². The monoisotopic (exact) mass is 660 g/mol. The van der Waals surface area contributed by atoms with E-state index in [1.807, 2.05) is 23.2 Å². The maximum absolute atomic E-state index is 16.1. The number of rotatable bonds is 5. The minimum Gasteiger partial charge on any atom is -0.386 e. The molecule has 226 valence electrons. The molecule has 3 fully saturated rings. The van der Waals surface area contributed by atoms with Crippen LogP contribution < -0.4 is 4.90 Å². The molecule has 43 heavy (non-hydrogen) atoms. The van der Waals surface area contributed by atoms with Crippen LogP contribution in [0.5, 0.6) is 0 Å². The molecule has 5 aromatic rings. The van der Waals surface area contributed by atoms with Gasteiger partial charge in [-0.2, -0.15) is 9.47 Å². The van der Waals surface area contributed by atoms with Crippen molar-refractivity contribution >= 4 is 82.6 Å². The molecule has 1 saturated carbocycles. The normalized spacial score (nSPS) is 24.3. The number of hydrogen-bond acceptors (Lipinski definition) is 11. The number of benzene rings is 1. The number of alkyl halides is 1. The maximum atomic E-state index is 16.1. The van der Waals surface area contributed by atoms with E-state index < -0.39 is 11.3 Å². The Bertz CT molecular complexity index is 1880. The van der Waals surface area contributed by atoms with Crippen molar-refractivity contribution < 1.29 is 19.0 Å². The number of β-amino-alcohol motifs (C(OH)–C–C–N with tert-alkyl or cyclic N) is 1. The number of aliphatic hydroxyl groups is 1. The van der Waals surface area contributed by atoms with Crippen molar-refractivity contribution in [2.75, 3.05) is 44.1 Å². The molecule has 3 aliphatic rings. The van der Waals surface area contributed by atoms with E-state index in [2.05, 4.69) is 4.90 Å². The predicted molar refractivity (Wildman–Crippen MR) is 171 cm³/mol. The number of thiophene rings is 1. The highest BCUT2D eigenvalue weighted by Gasteiger charge is 2.49. The number of fused-ring (bicyclic) bond motifs is 4. The van der Waals surface area contributed by atoms with Crippen LogP contribution >= 0.6 is 46.2 Å². The number of thioether (sulfide) groups is 1. The highest BCUT2D eigenvalue weighted by Crippen LogP contribution is 2.58. The summed E-state index contributed by atoms with van der Waals surface area (Å²) in [6, 6.07) is 1.84. The van der Waals surface area contributed by atoms with Crippen LogP contribution in [-0.2, 0) is 15.1 Å². The largest absolute Gasteiger partial charge is 0.386 e. The van der Waals surface area contributed by atoms with Crippen LogP contribution in [-0.4, -0.2) is 74.0 Å². The molecule has 1 aliphatic carbocycles. The van der Waals surface area contributed by atoms with Crippen LogP contribution in [0.2, 0.25) is 5.02 Å². The van der Waals surface area contributed by atoms with Crippen LogP contribution in [0.25, 0.3) is 41.8 Å². The Morgan fingerprint density at radius 2 is 2.07 bits per heavy atom. The van der Waals surface area contributed by atoms with Gasteiger partial charge in [-0.05, 0) is 62.9 Å². The molecule has 9 nitrogen and oxygen atoms in total. The summed E-state index contributed by atoms with van der Waals surface area (Å²) in [7, 11) is 0. The zero-order chi connectivity index (χ0) is 29.5. The van der Waals surface area contributed by atoms with Gasteiger partial charge in [0, 0.05) is 34.7 Å². The van der Waals surface area contributed by atoms with Gasteiger partial charge in [0.25, 0.3) is 0 Å². The number of halogens is 2. The first kappa shape index (κ1) is 28.4. The van der Waals surface area contributed by atoms with E-state index in [4.69, 9.17) is 40.5 Å². The van der Waals surface area contributed by atoms with Gasteiger partial charge in [-0.3, -0.25) is 0 Å². The van der Waals surface area contributed by atoms with E-state index in [0.717, 1.165) is 55.6 Å². The van der Waals surface area contributed by atoms with Crippen molar-refractivity contribution in [1.82, 2.24) is 24.1 Å². The lowest BCUT2D eigenvalue weighted by atomic mass is 9.95. The molecule has 0 bridgehead atoms. The van der Waals surface area contributed by atoms with E-state index >= 15 is 4.39 Å². The lowest BCUT2D eigenvalue weighted by Crippen LogP contribution is -2.42. The zero-order valence-corrected chi connectivity index (χ0v) is 26.9. The SMILES string of the molecule is CSc1nc(N2CCOC[C@@](C)(O)C2)c2c(n1)sc1c(-c3c(C4(F)CC4)c(Cl)cc4c3cnn4C3CCCCO3)nsc12. The summed E-state index contributed by atoms with van der Waals surface area (Å²) in [6.45, 7) is 4.17. The molecule has 1 N–H and O–H groups in total. The van der Waals surface area contributed by atoms with Crippen molar-refractivity contribution in [3.63, 3.8) is 0 Å². The van der Waals surface area contributed by atoms with Gasteiger partial charge in [-0.25, -0.2) is 19.0 Å². The Kier molecular flexibility index (Phi) is 6.90. The third-order valence-corrected chi connectivity index (χ3v) is 11.4. The molecular formula is C29H30ClFN6O3S3.